The minimum Gasteiger partial charge on any atom is -0.318 e. The first-order valence-corrected chi connectivity index (χ1v) is 6.78. The maximum Gasteiger partial charge on any atom is 0.314 e. The molecule has 1 aromatic heterocycles. The van der Waals surface area contributed by atoms with Crippen LogP contribution in [0.15, 0.2) is 36.5 Å². The minimum atomic E-state index is -0.888. The summed E-state index contributed by atoms with van der Waals surface area (Å²) in [6.45, 7) is 0. The number of benzene rings is 1. The molecule has 0 fully saturated rings. The third kappa shape index (κ3) is 4.32. The number of nitrogens with one attached hydrogen (secondary N) is 2. The van der Waals surface area contributed by atoms with Crippen LogP contribution in [0.5, 0.6) is 0 Å². The number of amides is 2. The zero-order chi connectivity index (χ0) is 15.4. The molecule has 108 valence electrons. The van der Waals surface area contributed by atoms with E-state index in [1.807, 2.05) is 0 Å². The molecule has 1 heterocycles. The van der Waals surface area contributed by atoms with Crippen LogP contribution >= 0.6 is 34.8 Å². The molecule has 0 unspecified atom stereocenters. The molecule has 0 spiro atoms. The molecule has 2 aromatic rings. The lowest BCUT2D eigenvalue weighted by Gasteiger charge is -2.08. The number of anilines is 2. The van der Waals surface area contributed by atoms with Gasteiger partial charge < -0.3 is 10.6 Å². The lowest BCUT2D eigenvalue weighted by atomic mass is 10.3. The van der Waals surface area contributed by atoms with Crippen LogP contribution in [0.25, 0.3) is 0 Å². The van der Waals surface area contributed by atoms with Crippen molar-refractivity contribution >= 4 is 58.0 Å². The molecule has 2 N–H and O–H groups in total. The van der Waals surface area contributed by atoms with Crippen molar-refractivity contribution in [3.05, 3.63) is 51.7 Å². The van der Waals surface area contributed by atoms with Crippen molar-refractivity contribution in [3.8, 4) is 0 Å². The van der Waals surface area contributed by atoms with Crippen molar-refractivity contribution < 1.29 is 9.59 Å². The van der Waals surface area contributed by atoms with Gasteiger partial charge in [-0.3, -0.25) is 9.59 Å². The first-order chi connectivity index (χ1) is 9.95. The molecule has 0 aliphatic heterocycles. The van der Waals surface area contributed by atoms with Gasteiger partial charge >= 0.3 is 11.8 Å². The highest BCUT2D eigenvalue weighted by Crippen LogP contribution is 2.22. The molecule has 0 radical (unpaired) electrons. The molecule has 5 nitrogen and oxygen atoms in total. The van der Waals surface area contributed by atoms with Gasteiger partial charge in [0.15, 0.2) is 5.15 Å². The first-order valence-electron chi connectivity index (χ1n) is 5.64. The molecule has 2 rings (SSSR count). The van der Waals surface area contributed by atoms with Gasteiger partial charge in [-0.05, 0) is 30.3 Å². The van der Waals surface area contributed by atoms with Crippen LogP contribution in [-0.4, -0.2) is 16.8 Å². The fourth-order valence-electron chi connectivity index (χ4n) is 1.47. The van der Waals surface area contributed by atoms with Gasteiger partial charge in [-0.15, -0.1) is 0 Å². The molecule has 1 aromatic carbocycles. The topological polar surface area (TPSA) is 71.1 Å². The summed E-state index contributed by atoms with van der Waals surface area (Å²) in [5.41, 5.74) is 0.549. The van der Waals surface area contributed by atoms with E-state index in [1.165, 1.54) is 30.5 Å². The van der Waals surface area contributed by atoms with E-state index in [0.717, 1.165) is 0 Å². The first kappa shape index (κ1) is 15.6. The van der Waals surface area contributed by atoms with E-state index in [2.05, 4.69) is 15.6 Å². The fourth-order valence-corrected chi connectivity index (χ4v) is 2.16. The molecule has 0 aliphatic carbocycles. The number of hydrogen-bond donors (Lipinski definition) is 2. The average Bonchev–Trinajstić information content (AvgIpc) is 2.40. The van der Waals surface area contributed by atoms with Gasteiger partial charge in [-0.2, -0.15) is 0 Å². The summed E-state index contributed by atoms with van der Waals surface area (Å²) >= 11 is 17.4. The Bertz CT molecular complexity index is 687. The Hall–Kier alpha value is -1.82. The van der Waals surface area contributed by atoms with Crippen molar-refractivity contribution in [3.63, 3.8) is 0 Å². The summed E-state index contributed by atoms with van der Waals surface area (Å²) in [7, 11) is 0. The highest BCUT2D eigenvalue weighted by Gasteiger charge is 2.16. The molecule has 0 atom stereocenters. The van der Waals surface area contributed by atoms with E-state index in [0.29, 0.717) is 15.7 Å². The van der Waals surface area contributed by atoms with Gasteiger partial charge in [0.25, 0.3) is 0 Å². The van der Waals surface area contributed by atoms with Crippen LogP contribution in [0, 0.1) is 0 Å². The molecular weight excluding hydrogens is 337 g/mol. The molecular formula is C13H8Cl3N3O2. The average molecular weight is 345 g/mol. The molecule has 2 amide bonds. The third-order valence-electron chi connectivity index (χ3n) is 2.33. The highest BCUT2D eigenvalue weighted by atomic mass is 35.5. The quantitative estimate of drug-likeness (QED) is 0.645. The fraction of sp³-hybridized carbons (Fsp3) is 0. The second-order valence-electron chi connectivity index (χ2n) is 3.91. The Morgan fingerprint density at radius 1 is 0.952 bits per heavy atom. The van der Waals surface area contributed by atoms with Crippen molar-refractivity contribution in [2.24, 2.45) is 0 Å². The molecule has 0 bridgehead atoms. The van der Waals surface area contributed by atoms with E-state index < -0.39 is 11.8 Å². The second kappa shape index (κ2) is 6.76. The molecule has 8 heteroatoms. The Kier molecular flexibility index (Phi) is 5.01. The zero-order valence-corrected chi connectivity index (χ0v) is 12.6. The monoisotopic (exact) mass is 343 g/mol. The van der Waals surface area contributed by atoms with Crippen molar-refractivity contribution in [2.45, 2.75) is 0 Å². The Morgan fingerprint density at radius 3 is 2.19 bits per heavy atom. The van der Waals surface area contributed by atoms with Gasteiger partial charge in [-0.25, -0.2) is 4.98 Å². The smallest absolute Gasteiger partial charge is 0.314 e. The Labute approximate surface area is 135 Å². The summed E-state index contributed by atoms with van der Waals surface area (Å²) in [6, 6.07) is 7.55. The maximum absolute atomic E-state index is 11.8. The normalized spacial score (nSPS) is 10.0. The van der Waals surface area contributed by atoms with Crippen LogP contribution in [0.3, 0.4) is 0 Å². The van der Waals surface area contributed by atoms with Gasteiger partial charge in [0.1, 0.15) is 0 Å². The number of nitrogens with zero attached hydrogens (tertiary/aromatic N) is 1. The predicted octanol–water partition coefficient (Wildman–Crippen LogP) is 3.62. The molecule has 0 saturated heterocycles. The van der Waals surface area contributed by atoms with E-state index >= 15 is 0 Å². The lowest BCUT2D eigenvalue weighted by molar-refractivity contribution is -0.132. The molecule has 0 aliphatic rings. The van der Waals surface area contributed by atoms with Crippen molar-refractivity contribution in [1.82, 2.24) is 4.98 Å². The van der Waals surface area contributed by atoms with Gasteiger partial charge in [-0.1, -0.05) is 34.8 Å². The number of rotatable bonds is 2. The molecule has 21 heavy (non-hydrogen) atoms. The standard InChI is InChI=1S/C13H8Cl3N3O2/c14-7-4-8(15)6-9(5-7)18-12(20)13(21)19-10-2-1-3-17-11(10)16/h1-6H,(H,18,20)(H,19,21). The summed E-state index contributed by atoms with van der Waals surface area (Å²) < 4.78 is 0. The summed E-state index contributed by atoms with van der Waals surface area (Å²) in [6.07, 6.45) is 1.46. The van der Waals surface area contributed by atoms with Gasteiger partial charge in [0, 0.05) is 21.9 Å². The van der Waals surface area contributed by atoms with Crippen LogP contribution in [0.2, 0.25) is 15.2 Å². The van der Waals surface area contributed by atoms with Crippen LogP contribution < -0.4 is 10.6 Å². The largest absolute Gasteiger partial charge is 0.318 e. The number of carbonyl (C=O) groups excluding carboxylic acids is 2. The summed E-state index contributed by atoms with van der Waals surface area (Å²) in [5.74, 6) is -1.77. The van der Waals surface area contributed by atoms with Gasteiger partial charge in [0.05, 0.1) is 5.69 Å². The number of hydrogen-bond acceptors (Lipinski definition) is 3. The van der Waals surface area contributed by atoms with E-state index in [4.69, 9.17) is 34.8 Å². The zero-order valence-electron chi connectivity index (χ0n) is 10.4. The predicted molar refractivity (Wildman–Crippen MR) is 83.0 cm³/mol. The maximum atomic E-state index is 11.8. The van der Waals surface area contributed by atoms with Crippen LogP contribution in [0.1, 0.15) is 0 Å². The number of carbonyl (C=O) groups is 2. The summed E-state index contributed by atoms with van der Waals surface area (Å²) in [4.78, 5) is 27.3. The van der Waals surface area contributed by atoms with Crippen LogP contribution in [0.4, 0.5) is 11.4 Å². The second-order valence-corrected chi connectivity index (χ2v) is 5.14. The highest BCUT2D eigenvalue weighted by molar-refractivity contribution is 6.45. The van der Waals surface area contributed by atoms with Gasteiger partial charge in [0.2, 0.25) is 0 Å². The lowest BCUT2D eigenvalue weighted by Crippen LogP contribution is -2.29. The van der Waals surface area contributed by atoms with Crippen LogP contribution in [-0.2, 0) is 9.59 Å². The summed E-state index contributed by atoms with van der Waals surface area (Å²) in [5, 5.41) is 5.50. The van der Waals surface area contributed by atoms with E-state index in [-0.39, 0.29) is 10.8 Å². The SMILES string of the molecule is O=C(Nc1cc(Cl)cc(Cl)c1)C(=O)Nc1cccnc1Cl. The van der Waals surface area contributed by atoms with E-state index in [1.54, 1.807) is 6.07 Å². The van der Waals surface area contributed by atoms with Crippen molar-refractivity contribution in [1.29, 1.82) is 0 Å². The number of pyridine rings is 1. The third-order valence-corrected chi connectivity index (χ3v) is 3.07. The number of halogens is 3. The van der Waals surface area contributed by atoms with Crippen molar-refractivity contribution in [2.75, 3.05) is 10.6 Å². The van der Waals surface area contributed by atoms with E-state index in [9.17, 15) is 9.59 Å². The Morgan fingerprint density at radius 2 is 1.57 bits per heavy atom. The number of aromatic nitrogens is 1. The molecule has 0 saturated carbocycles. The Balaban J connectivity index is 2.06. The minimum absolute atomic E-state index is 0.0875.